The SMILES string of the molecule is CCC(C)CNCCCCN(C)C. The van der Waals surface area contributed by atoms with Crippen molar-refractivity contribution >= 4 is 0 Å². The summed E-state index contributed by atoms with van der Waals surface area (Å²) < 4.78 is 0. The minimum atomic E-state index is 0.828. The number of nitrogens with one attached hydrogen (secondary N) is 1. The zero-order valence-corrected chi connectivity index (χ0v) is 9.77. The molecule has 0 saturated heterocycles. The van der Waals surface area contributed by atoms with Crippen LogP contribution in [0.15, 0.2) is 0 Å². The summed E-state index contributed by atoms with van der Waals surface area (Å²) in [5.41, 5.74) is 0. The average Bonchev–Trinajstić information content (AvgIpc) is 2.10. The molecule has 1 N–H and O–H groups in total. The summed E-state index contributed by atoms with van der Waals surface area (Å²) in [5, 5.41) is 3.49. The van der Waals surface area contributed by atoms with E-state index in [0.29, 0.717) is 0 Å². The van der Waals surface area contributed by atoms with Crippen molar-refractivity contribution in [2.45, 2.75) is 33.1 Å². The van der Waals surface area contributed by atoms with Gasteiger partial charge in [-0.3, -0.25) is 0 Å². The van der Waals surface area contributed by atoms with Gasteiger partial charge in [-0.05, 0) is 52.5 Å². The van der Waals surface area contributed by atoms with Crippen molar-refractivity contribution in [2.24, 2.45) is 5.92 Å². The van der Waals surface area contributed by atoms with E-state index in [-0.39, 0.29) is 0 Å². The van der Waals surface area contributed by atoms with Gasteiger partial charge in [0.1, 0.15) is 0 Å². The molecule has 13 heavy (non-hydrogen) atoms. The maximum atomic E-state index is 3.49. The molecule has 1 unspecified atom stereocenters. The maximum absolute atomic E-state index is 3.49. The average molecular weight is 186 g/mol. The summed E-state index contributed by atoms with van der Waals surface area (Å²) >= 11 is 0. The van der Waals surface area contributed by atoms with Crippen LogP contribution in [0.1, 0.15) is 33.1 Å². The van der Waals surface area contributed by atoms with Gasteiger partial charge in [-0.1, -0.05) is 20.3 Å². The fourth-order valence-electron chi connectivity index (χ4n) is 1.17. The van der Waals surface area contributed by atoms with E-state index >= 15 is 0 Å². The minimum Gasteiger partial charge on any atom is -0.316 e. The molecule has 0 saturated carbocycles. The summed E-state index contributed by atoms with van der Waals surface area (Å²) in [5.74, 6) is 0.828. The Morgan fingerprint density at radius 2 is 1.92 bits per heavy atom. The molecule has 0 bridgehead atoms. The van der Waals surface area contributed by atoms with Crippen LogP contribution >= 0.6 is 0 Å². The molecule has 0 aliphatic heterocycles. The van der Waals surface area contributed by atoms with Gasteiger partial charge in [-0.2, -0.15) is 0 Å². The molecular weight excluding hydrogens is 160 g/mol. The van der Waals surface area contributed by atoms with E-state index in [2.05, 4.69) is 38.2 Å². The van der Waals surface area contributed by atoms with Crippen LogP contribution in [-0.2, 0) is 0 Å². The summed E-state index contributed by atoms with van der Waals surface area (Å²) in [7, 11) is 4.26. The predicted octanol–water partition coefficient (Wildman–Crippen LogP) is 1.96. The molecule has 80 valence electrons. The molecule has 0 spiro atoms. The Morgan fingerprint density at radius 1 is 1.23 bits per heavy atom. The number of hydrogen-bond donors (Lipinski definition) is 1. The first-order valence-electron chi connectivity index (χ1n) is 5.52. The van der Waals surface area contributed by atoms with Crippen molar-refractivity contribution in [3.05, 3.63) is 0 Å². The van der Waals surface area contributed by atoms with Crippen LogP contribution in [0.5, 0.6) is 0 Å². The Labute approximate surface area is 83.7 Å². The highest BCUT2D eigenvalue weighted by atomic mass is 15.0. The predicted molar refractivity (Wildman–Crippen MR) is 60.1 cm³/mol. The van der Waals surface area contributed by atoms with E-state index in [9.17, 15) is 0 Å². The van der Waals surface area contributed by atoms with Crippen LogP contribution in [0.4, 0.5) is 0 Å². The molecule has 2 nitrogen and oxygen atoms in total. The van der Waals surface area contributed by atoms with Crippen LogP contribution in [0, 0.1) is 5.92 Å². The third-order valence-electron chi connectivity index (χ3n) is 2.40. The lowest BCUT2D eigenvalue weighted by molar-refractivity contribution is 0.389. The highest BCUT2D eigenvalue weighted by molar-refractivity contribution is 4.55. The first-order chi connectivity index (χ1) is 6.16. The zero-order chi connectivity index (χ0) is 10.1. The van der Waals surface area contributed by atoms with Crippen molar-refractivity contribution < 1.29 is 0 Å². The molecule has 0 rings (SSSR count). The van der Waals surface area contributed by atoms with Crippen molar-refractivity contribution in [1.29, 1.82) is 0 Å². The summed E-state index contributed by atoms with van der Waals surface area (Å²) in [4.78, 5) is 2.24. The summed E-state index contributed by atoms with van der Waals surface area (Å²) in [6.07, 6.45) is 3.89. The highest BCUT2D eigenvalue weighted by Crippen LogP contribution is 1.97. The molecule has 0 heterocycles. The number of nitrogens with zero attached hydrogens (tertiary/aromatic N) is 1. The number of unbranched alkanes of at least 4 members (excludes halogenated alkanes) is 1. The van der Waals surface area contributed by atoms with Gasteiger partial charge in [0.2, 0.25) is 0 Å². The number of rotatable bonds is 8. The van der Waals surface area contributed by atoms with Gasteiger partial charge < -0.3 is 10.2 Å². The standard InChI is InChI=1S/C11H26N2/c1-5-11(2)10-12-8-6-7-9-13(3)4/h11-12H,5-10H2,1-4H3. The molecule has 0 aromatic heterocycles. The lowest BCUT2D eigenvalue weighted by Gasteiger charge is -2.11. The summed E-state index contributed by atoms with van der Waals surface area (Å²) in [6.45, 7) is 8.12. The van der Waals surface area contributed by atoms with E-state index in [1.807, 2.05) is 0 Å². The smallest absolute Gasteiger partial charge is 0.00233 e. The molecule has 0 amide bonds. The quantitative estimate of drug-likeness (QED) is 0.583. The lowest BCUT2D eigenvalue weighted by atomic mass is 10.1. The highest BCUT2D eigenvalue weighted by Gasteiger charge is 1.96. The van der Waals surface area contributed by atoms with E-state index in [1.54, 1.807) is 0 Å². The van der Waals surface area contributed by atoms with Crippen molar-refractivity contribution in [2.75, 3.05) is 33.7 Å². The van der Waals surface area contributed by atoms with Gasteiger partial charge in [0, 0.05) is 0 Å². The molecule has 0 aliphatic rings. The Kier molecular flexibility index (Phi) is 8.46. The topological polar surface area (TPSA) is 15.3 Å². The zero-order valence-electron chi connectivity index (χ0n) is 9.77. The fraction of sp³-hybridized carbons (Fsp3) is 1.00. The molecular formula is C11H26N2. The molecule has 0 radical (unpaired) electrons. The Hall–Kier alpha value is -0.0800. The third kappa shape index (κ3) is 9.84. The molecule has 0 aromatic carbocycles. The lowest BCUT2D eigenvalue weighted by Crippen LogP contribution is -2.23. The van der Waals surface area contributed by atoms with E-state index in [1.165, 1.54) is 38.9 Å². The van der Waals surface area contributed by atoms with Crippen LogP contribution in [0.25, 0.3) is 0 Å². The second-order valence-corrected chi connectivity index (χ2v) is 4.23. The van der Waals surface area contributed by atoms with Gasteiger partial charge in [0.05, 0.1) is 0 Å². The van der Waals surface area contributed by atoms with Crippen LogP contribution in [-0.4, -0.2) is 38.6 Å². The van der Waals surface area contributed by atoms with E-state index < -0.39 is 0 Å². The van der Waals surface area contributed by atoms with E-state index in [4.69, 9.17) is 0 Å². The molecule has 0 aliphatic carbocycles. The van der Waals surface area contributed by atoms with Crippen LogP contribution in [0.2, 0.25) is 0 Å². The largest absolute Gasteiger partial charge is 0.316 e. The maximum Gasteiger partial charge on any atom is -0.00233 e. The summed E-state index contributed by atoms with van der Waals surface area (Å²) in [6, 6.07) is 0. The van der Waals surface area contributed by atoms with Crippen molar-refractivity contribution in [3.8, 4) is 0 Å². The Morgan fingerprint density at radius 3 is 2.46 bits per heavy atom. The molecule has 0 aromatic rings. The van der Waals surface area contributed by atoms with Crippen LogP contribution < -0.4 is 5.32 Å². The third-order valence-corrected chi connectivity index (χ3v) is 2.40. The van der Waals surface area contributed by atoms with Gasteiger partial charge in [-0.25, -0.2) is 0 Å². The fourth-order valence-corrected chi connectivity index (χ4v) is 1.17. The first kappa shape index (κ1) is 12.9. The second kappa shape index (κ2) is 8.52. The Balaban J connectivity index is 2.99. The minimum absolute atomic E-state index is 0.828. The molecule has 0 fully saturated rings. The monoisotopic (exact) mass is 186 g/mol. The van der Waals surface area contributed by atoms with Gasteiger partial charge in [-0.15, -0.1) is 0 Å². The van der Waals surface area contributed by atoms with Gasteiger partial charge in [0.15, 0.2) is 0 Å². The molecule has 2 heteroatoms. The van der Waals surface area contributed by atoms with Crippen molar-refractivity contribution in [3.63, 3.8) is 0 Å². The number of hydrogen-bond acceptors (Lipinski definition) is 2. The van der Waals surface area contributed by atoms with Gasteiger partial charge in [0.25, 0.3) is 0 Å². The molecule has 1 atom stereocenters. The Bertz CT molecular complexity index is 102. The van der Waals surface area contributed by atoms with E-state index in [0.717, 1.165) is 5.92 Å². The normalized spacial score (nSPS) is 13.6. The van der Waals surface area contributed by atoms with Crippen LogP contribution in [0.3, 0.4) is 0 Å². The first-order valence-corrected chi connectivity index (χ1v) is 5.52. The second-order valence-electron chi connectivity index (χ2n) is 4.23. The van der Waals surface area contributed by atoms with Crippen molar-refractivity contribution in [1.82, 2.24) is 10.2 Å². The van der Waals surface area contributed by atoms with Gasteiger partial charge >= 0.3 is 0 Å².